The van der Waals surface area contributed by atoms with Crippen molar-refractivity contribution in [2.24, 2.45) is 5.92 Å². The lowest BCUT2D eigenvalue weighted by Crippen LogP contribution is -2.35. The van der Waals surface area contributed by atoms with Crippen LogP contribution in [0, 0.1) is 5.92 Å². The molecule has 1 unspecified atom stereocenters. The van der Waals surface area contributed by atoms with Crippen LogP contribution in [0.15, 0.2) is 12.4 Å². The van der Waals surface area contributed by atoms with Crippen LogP contribution in [0.2, 0.25) is 0 Å². The lowest BCUT2D eigenvalue weighted by atomic mass is 10.0. The Labute approximate surface area is 119 Å². The van der Waals surface area contributed by atoms with Crippen molar-refractivity contribution in [2.75, 3.05) is 37.3 Å². The van der Waals surface area contributed by atoms with E-state index in [-0.39, 0.29) is 11.7 Å². The minimum atomic E-state index is -3.32. The van der Waals surface area contributed by atoms with Gasteiger partial charge >= 0.3 is 0 Å². The third-order valence-electron chi connectivity index (χ3n) is 3.29. The second-order valence-electron chi connectivity index (χ2n) is 5.08. The Bertz CT molecular complexity index is 509. The van der Waals surface area contributed by atoms with E-state index in [0.29, 0.717) is 18.8 Å². The quantitative estimate of drug-likeness (QED) is 0.755. The monoisotopic (exact) mass is 302 g/mol. The van der Waals surface area contributed by atoms with Gasteiger partial charge in [0.05, 0.1) is 30.8 Å². The summed E-state index contributed by atoms with van der Waals surface area (Å²) in [4.78, 5) is 0. The molecule has 1 aliphatic heterocycles. The number of piperidine rings is 1. The molecule has 0 saturated carbocycles. The first-order valence-corrected chi connectivity index (χ1v) is 8.47. The van der Waals surface area contributed by atoms with Gasteiger partial charge < -0.3 is 10.1 Å². The van der Waals surface area contributed by atoms with Crippen LogP contribution >= 0.6 is 0 Å². The van der Waals surface area contributed by atoms with Gasteiger partial charge in [0, 0.05) is 13.3 Å². The number of anilines is 1. The molecule has 0 aliphatic carbocycles. The zero-order valence-electron chi connectivity index (χ0n) is 11.7. The van der Waals surface area contributed by atoms with Crippen LogP contribution in [0.5, 0.6) is 0 Å². The van der Waals surface area contributed by atoms with Crippen LogP contribution in [0.4, 0.5) is 5.69 Å². The minimum absolute atomic E-state index is 0.156. The summed E-state index contributed by atoms with van der Waals surface area (Å²) in [7, 11) is -1.70. The second-order valence-corrected chi connectivity index (χ2v) is 6.85. The number of ether oxygens (including phenoxy) is 1. The van der Waals surface area contributed by atoms with Gasteiger partial charge in [-0.2, -0.15) is 5.10 Å². The molecule has 1 saturated heterocycles. The molecule has 1 aromatic heterocycles. The summed E-state index contributed by atoms with van der Waals surface area (Å²) < 4.78 is 33.4. The molecule has 20 heavy (non-hydrogen) atoms. The van der Waals surface area contributed by atoms with Crippen LogP contribution in [-0.4, -0.2) is 50.8 Å². The summed E-state index contributed by atoms with van der Waals surface area (Å²) >= 11 is 0. The lowest BCUT2D eigenvalue weighted by molar-refractivity contribution is 0.183. The van der Waals surface area contributed by atoms with Crippen LogP contribution in [0.25, 0.3) is 0 Å². The first kappa shape index (κ1) is 15.3. The van der Waals surface area contributed by atoms with Crippen molar-refractivity contribution in [2.45, 2.75) is 19.4 Å². The van der Waals surface area contributed by atoms with Crippen LogP contribution in [-0.2, 0) is 21.3 Å². The zero-order chi connectivity index (χ0) is 14.4. The van der Waals surface area contributed by atoms with E-state index in [9.17, 15) is 8.42 Å². The van der Waals surface area contributed by atoms with Crippen molar-refractivity contribution in [1.29, 1.82) is 0 Å². The Morgan fingerprint density at radius 2 is 2.45 bits per heavy atom. The highest BCUT2D eigenvalue weighted by molar-refractivity contribution is 7.92. The van der Waals surface area contributed by atoms with E-state index < -0.39 is 10.0 Å². The lowest BCUT2D eigenvalue weighted by Gasteiger charge is -2.22. The van der Waals surface area contributed by atoms with Crippen molar-refractivity contribution < 1.29 is 13.2 Å². The molecule has 8 heteroatoms. The Morgan fingerprint density at radius 3 is 3.15 bits per heavy atom. The van der Waals surface area contributed by atoms with Crippen molar-refractivity contribution >= 4 is 15.7 Å². The molecule has 1 fully saturated rings. The Hall–Kier alpha value is -1.12. The molecule has 0 bridgehead atoms. The molecule has 114 valence electrons. The van der Waals surface area contributed by atoms with Gasteiger partial charge in [-0.1, -0.05) is 0 Å². The topological polar surface area (TPSA) is 85.2 Å². The summed E-state index contributed by atoms with van der Waals surface area (Å²) in [6.07, 6.45) is 5.19. The third kappa shape index (κ3) is 4.77. The van der Waals surface area contributed by atoms with Crippen LogP contribution in [0.3, 0.4) is 0 Å². The maximum absolute atomic E-state index is 12.1. The van der Waals surface area contributed by atoms with E-state index in [0.717, 1.165) is 25.9 Å². The first-order valence-electron chi connectivity index (χ1n) is 6.81. The zero-order valence-corrected chi connectivity index (χ0v) is 12.5. The summed E-state index contributed by atoms with van der Waals surface area (Å²) in [5.74, 6) is 0.341. The Kier molecular flexibility index (Phi) is 5.38. The highest BCUT2D eigenvalue weighted by Gasteiger charge is 2.21. The average Bonchev–Trinajstić information content (AvgIpc) is 2.83. The number of nitrogens with one attached hydrogen (secondary N) is 2. The number of rotatable bonds is 7. The maximum atomic E-state index is 12.1. The Morgan fingerprint density at radius 1 is 1.60 bits per heavy atom. The number of hydrogen-bond donors (Lipinski definition) is 2. The molecule has 0 amide bonds. The smallest absolute Gasteiger partial charge is 0.233 e. The van der Waals surface area contributed by atoms with Crippen molar-refractivity contribution in [3.8, 4) is 0 Å². The summed E-state index contributed by atoms with van der Waals surface area (Å²) in [5.41, 5.74) is 0.505. The van der Waals surface area contributed by atoms with Crippen molar-refractivity contribution in [3.05, 3.63) is 12.4 Å². The fraction of sp³-hybridized carbons (Fsp3) is 0.750. The molecule has 0 spiro atoms. The van der Waals surface area contributed by atoms with Crippen LogP contribution < -0.4 is 10.0 Å². The maximum Gasteiger partial charge on any atom is 0.233 e. The number of sulfonamides is 1. The standard InChI is InChI=1S/C12H22N4O3S/c1-19-6-5-16-9-12(8-14-16)15-20(17,18)10-11-3-2-4-13-7-11/h8-9,11,13,15H,2-7,10H2,1H3. The average molecular weight is 302 g/mol. The van der Waals surface area contributed by atoms with Gasteiger partial charge in [-0.3, -0.25) is 9.40 Å². The second kappa shape index (κ2) is 7.05. The van der Waals surface area contributed by atoms with E-state index in [4.69, 9.17) is 4.74 Å². The molecule has 0 radical (unpaired) electrons. The number of methoxy groups -OCH3 is 1. The molecule has 0 aromatic carbocycles. The predicted molar refractivity (Wildman–Crippen MR) is 77.1 cm³/mol. The fourth-order valence-corrected chi connectivity index (χ4v) is 3.77. The molecule has 7 nitrogen and oxygen atoms in total. The number of hydrogen-bond acceptors (Lipinski definition) is 5. The van der Waals surface area contributed by atoms with Gasteiger partial charge in [0.15, 0.2) is 0 Å². The molecule has 2 N–H and O–H groups in total. The number of aromatic nitrogens is 2. The van der Waals surface area contributed by atoms with E-state index >= 15 is 0 Å². The van der Waals surface area contributed by atoms with Gasteiger partial charge in [0.1, 0.15) is 0 Å². The van der Waals surface area contributed by atoms with Gasteiger partial charge in [0.25, 0.3) is 0 Å². The normalized spacial score (nSPS) is 19.9. The van der Waals surface area contributed by atoms with Crippen molar-refractivity contribution in [1.82, 2.24) is 15.1 Å². The van der Waals surface area contributed by atoms with E-state index in [2.05, 4.69) is 15.1 Å². The molecule has 1 aliphatic rings. The van der Waals surface area contributed by atoms with Gasteiger partial charge in [-0.25, -0.2) is 8.42 Å². The summed E-state index contributed by atoms with van der Waals surface area (Å²) in [6, 6.07) is 0. The highest BCUT2D eigenvalue weighted by atomic mass is 32.2. The minimum Gasteiger partial charge on any atom is -0.383 e. The van der Waals surface area contributed by atoms with E-state index in [1.807, 2.05) is 0 Å². The molecule has 1 aromatic rings. The molecular weight excluding hydrogens is 280 g/mol. The largest absolute Gasteiger partial charge is 0.383 e. The Balaban J connectivity index is 1.88. The van der Waals surface area contributed by atoms with Gasteiger partial charge in [0.2, 0.25) is 10.0 Å². The summed E-state index contributed by atoms with van der Waals surface area (Å²) in [6.45, 7) is 2.90. The predicted octanol–water partition coefficient (Wildman–Crippen LogP) is 0.271. The van der Waals surface area contributed by atoms with Crippen molar-refractivity contribution in [3.63, 3.8) is 0 Å². The SMILES string of the molecule is COCCn1cc(NS(=O)(=O)CC2CCCNC2)cn1. The number of nitrogens with zero attached hydrogens (tertiary/aromatic N) is 2. The van der Waals surface area contributed by atoms with E-state index in [1.54, 1.807) is 18.0 Å². The summed E-state index contributed by atoms with van der Waals surface area (Å²) in [5, 5.41) is 7.31. The van der Waals surface area contributed by atoms with Gasteiger partial charge in [-0.15, -0.1) is 0 Å². The molecule has 2 heterocycles. The third-order valence-corrected chi connectivity index (χ3v) is 4.74. The van der Waals surface area contributed by atoms with Crippen LogP contribution in [0.1, 0.15) is 12.8 Å². The molecular formula is C12H22N4O3S. The highest BCUT2D eigenvalue weighted by Crippen LogP contribution is 2.15. The van der Waals surface area contributed by atoms with E-state index in [1.165, 1.54) is 6.20 Å². The molecule has 1 atom stereocenters. The fourth-order valence-electron chi connectivity index (χ4n) is 2.32. The first-order chi connectivity index (χ1) is 9.59. The molecule has 2 rings (SSSR count). The van der Waals surface area contributed by atoms with Gasteiger partial charge in [-0.05, 0) is 31.8 Å².